The fourth-order valence-corrected chi connectivity index (χ4v) is 5.27. The first-order chi connectivity index (χ1) is 17.5. The minimum absolute atomic E-state index is 0.000793. The molecule has 2 N–H and O–H groups in total. The Morgan fingerprint density at radius 3 is 2.41 bits per heavy atom. The zero-order valence-corrected chi connectivity index (χ0v) is 21.0. The van der Waals surface area contributed by atoms with Gasteiger partial charge in [0.05, 0.1) is 48.4 Å². The average Bonchev–Trinajstić information content (AvgIpc) is 3.41. The van der Waals surface area contributed by atoms with Crippen LogP contribution in [0.15, 0.2) is 49.1 Å². The molecule has 0 radical (unpaired) electrons. The Morgan fingerprint density at radius 1 is 1.11 bits per heavy atom. The molecule has 12 heteroatoms. The van der Waals surface area contributed by atoms with E-state index >= 15 is 0 Å². The number of nitrogens with zero attached hydrogens (tertiary/aromatic N) is 6. The molecule has 0 amide bonds. The zero-order chi connectivity index (χ0) is 26.5. The highest BCUT2D eigenvalue weighted by Gasteiger charge is 2.61. The van der Waals surface area contributed by atoms with Gasteiger partial charge in [0.25, 0.3) is 0 Å². The van der Waals surface area contributed by atoms with E-state index in [4.69, 9.17) is 9.72 Å². The van der Waals surface area contributed by atoms with Gasteiger partial charge in [0.2, 0.25) is 5.95 Å². The van der Waals surface area contributed by atoms with Crippen molar-refractivity contribution in [3.8, 4) is 5.69 Å². The van der Waals surface area contributed by atoms with Crippen LogP contribution in [0.1, 0.15) is 38.1 Å². The monoisotopic (exact) mass is 517 g/mol. The first-order valence-electron chi connectivity index (χ1n) is 12.1. The molecule has 37 heavy (non-hydrogen) atoms. The number of halogens is 3. The number of ether oxygens (including phenoxy) is 1. The van der Waals surface area contributed by atoms with Crippen molar-refractivity contribution in [3.63, 3.8) is 0 Å². The molecule has 1 aromatic carbocycles. The summed E-state index contributed by atoms with van der Waals surface area (Å²) >= 11 is 0. The summed E-state index contributed by atoms with van der Waals surface area (Å²) in [6.07, 6.45) is -0.288. The van der Waals surface area contributed by atoms with Crippen molar-refractivity contribution < 1.29 is 23.0 Å². The summed E-state index contributed by atoms with van der Waals surface area (Å²) < 4.78 is 45.8. The summed E-state index contributed by atoms with van der Waals surface area (Å²) in [6, 6.07) is 6.39. The van der Waals surface area contributed by atoms with Crippen LogP contribution in [0, 0.1) is 5.92 Å². The molecular weight excluding hydrogens is 487 g/mol. The Balaban J connectivity index is 1.33. The standard InChI is InChI=1S/C25H30F3N7O2/c1-15(2)21-24(12-37-13-24)33(4)23(36)35(21)20-9-10-29-22(32-20)31-16(3)19-11-34(14-30-19)18-7-5-17(6-8-18)25(26,27)28/h5-11,14-16,21,23,36H,12-13H2,1-4H3,(H,29,31,32)/t16-,21-,23?/m0/s1. The van der Waals surface area contributed by atoms with Crippen LogP contribution in [0.2, 0.25) is 0 Å². The fourth-order valence-electron chi connectivity index (χ4n) is 5.27. The lowest BCUT2D eigenvalue weighted by molar-refractivity contribution is -0.151. The molecule has 0 aliphatic carbocycles. The van der Waals surface area contributed by atoms with E-state index in [2.05, 4.69) is 29.1 Å². The summed E-state index contributed by atoms with van der Waals surface area (Å²) in [5.74, 6) is 1.21. The SMILES string of the molecule is CC(C)[C@@H]1N(c2ccnc(N[C@@H](C)c3cn(-c4ccc(C(F)(F)F)cc4)cn3)n2)C(O)N(C)C12COC2. The first-order valence-corrected chi connectivity index (χ1v) is 12.1. The molecule has 9 nitrogen and oxygen atoms in total. The van der Waals surface area contributed by atoms with E-state index in [0.29, 0.717) is 36.4 Å². The van der Waals surface area contributed by atoms with Gasteiger partial charge in [-0.05, 0) is 50.2 Å². The summed E-state index contributed by atoms with van der Waals surface area (Å²) in [7, 11) is 1.90. The Labute approximate surface area is 212 Å². The second-order valence-electron chi connectivity index (χ2n) is 10.0. The molecule has 2 aliphatic rings. The lowest BCUT2D eigenvalue weighted by Gasteiger charge is -2.48. The van der Waals surface area contributed by atoms with Gasteiger partial charge in [-0.2, -0.15) is 18.2 Å². The number of alkyl halides is 3. The highest BCUT2D eigenvalue weighted by molar-refractivity contribution is 5.48. The minimum Gasteiger partial charge on any atom is -0.377 e. The molecule has 0 saturated carbocycles. The van der Waals surface area contributed by atoms with Gasteiger partial charge in [0, 0.05) is 18.1 Å². The van der Waals surface area contributed by atoms with Crippen LogP contribution in [0.25, 0.3) is 5.69 Å². The van der Waals surface area contributed by atoms with Gasteiger partial charge in [0.1, 0.15) is 5.82 Å². The Bertz CT molecular complexity index is 1240. The van der Waals surface area contributed by atoms with Gasteiger partial charge >= 0.3 is 6.18 Å². The predicted molar refractivity (Wildman–Crippen MR) is 131 cm³/mol. The lowest BCUT2D eigenvalue weighted by atomic mass is 9.81. The van der Waals surface area contributed by atoms with Gasteiger partial charge in [-0.15, -0.1) is 0 Å². The molecule has 4 heterocycles. The lowest BCUT2D eigenvalue weighted by Crippen LogP contribution is -2.65. The topological polar surface area (TPSA) is 91.6 Å². The third-order valence-corrected chi connectivity index (χ3v) is 7.27. The predicted octanol–water partition coefficient (Wildman–Crippen LogP) is 3.68. The summed E-state index contributed by atoms with van der Waals surface area (Å²) in [5.41, 5.74) is 0.261. The van der Waals surface area contributed by atoms with E-state index < -0.39 is 18.1 Å². The van der Waals surface area contributed by atoms with Crippen LogP contribution in [0.5, 0.6) is 0 Å². The molecule has 198 valence electrons. The number of aliphatic hydroxyl groups excluding tert-OH is 1. The molecule has 3 aromatic rings. The first kappa shape index (κ1) is 25.4. The number of aliphatic hydroxyl groups is 1. The van der Waals surface area contributed by atoms with Crippen LogP contribution in [0.3, 0.4) is 0 Å². The van der Waals surface area contributed by atoms with Crippen LogP contribution >= 0.6 is 0 Å². The normalized spacial score (nSPS) is 22.5. The second-order valence-corrected chi connectivity index (χ2v) is 10.0. The number of anilines is 2. The number of hydrogen-bond acceptors (Lipinski definition) is 8. The van der Waals surface area contributed by atoms with Crippen LogP contribution in [0.4, 0.5) is 24.9 Å². The molecule has 5 rings (SSSR count). The fraction of sp³-hybridized carbons (Fsp3) is 0.480. The highest BCUT2D eigenvalue weighted by Crippen LogP contribution is 2.44. The van der Waals surface area contributed by atoms with Crippen molar-refractivity contribution in [3.05, 3.63) is 60.3 Å². The number of likely N-dealkylation sites (N-methyl/N-ethyl adjacent to an activating group) is 1. The van der Waals surface area contributed by atoms with Crippen molar-refractivity contribution in [2.45, 2.75) is 50.9 Å². The molecule has 0 bridgehead atoms. The van der Waals surface area contributed by atoms with Crippen molar-refractivity contribution in [2.24, 2.45) is 5.92 Å². The zero-order valence-electron chi connectivity index (χ0n) is 21.0. The molecule has 2 saturated heterocycles. The van der Waals surface area contributed by atoms with E-state index in [1.165, 1.54) is 12.1 Å². The van der Waals surface area contributed by atoms with Gasteiger partial charge in [-0.3, -0.25) is 4.90 Å². The Kier molecular flexibility index (Phi) is 6.37. The second kappa shape index (κ2) is 9.26. The van der Waals surface area contributed by atoms with Crippen molar-refractivity contribution in [1.82, 2.24) is 24.4 Å². The Morgan fingerprint density at radius 2 is 1.81 bits per heavy atom. The number of imidazole rings is 1. The largest absolute Gasteiger partial charge is 0.416 e. The summed E-state index contributed by atoms with van der Waals surface area (Å²) in [5, 5.41) is 14.3. The van der Waals surface area contributed by atoms with E-state index in [0.717, 1.165) is 12.1 Å². The number of rotatable bonds is 6. The number of aromatic nitrogens is 4. The molecule has 2 fully saturated rings. The average molecular weight is 518 g/mol. The van der Waals surface area contributed by atoms with E-state index in [1.807, 2.05) is 23.8 Å². The number of nitrogens with one attached hydrogen (secondary N) is 1. The minimum atomic E-state index is -4.38. The van der Waals surface area contributed by atoms with Gasteiger partial charge in [0.15, 0.2) is 6.35 Å². The molecule has 2 aromatic heterocycles. The molecule has 3 atom stereocenters. The van der Waals surface area contributed by atoms with Crippen molar-refractivity contribution in [1.29, 1.82) is 0 Å². The molecule has 1 spiro atoms. The van der Waals surface area contributed by atoms with Crippen LogP contribution < -0.4 is 10.2 Å². The van der Waals surface area contributed by atoms with E-state index in [-0.39, 0.29) is 23.5 Å². The summed E-state index contributed by atoms with van der Waals surface area (Å²) in [4.78, 5) is 17.3. The number of hydrogen-bond donors (Lipinski definition) is 2. The van der Waals surface area contributed by atoms with E-state index in [9.17, 15) is 18.3 Å². The van der Waals surface area contributed by atoms with Gasteiger partial charge in [-0.1, -0.05) is 13.8 Å². The third-order valence-electron chi connectivity index (χ3n) is 7.27. The smallest absolute Gasteiger partial charge is 0.377 e. The Hall–Kier alpha value is -3.22. The summed E-state index contributed by atoms with van der Waals surface area (Å²) in [6.45, 7) is 7.24. The van der Waals surface area contributed by atoms with Gasteiger partial charge in [-0.25, -0.2) is 9.97 Å². The maximum absolute atomic E-state index is 12.9. The number of benzene rings is 1. The van der Waals surface area contributed by atoms with Crippen molar-refractivity contribution in [2.75, 3.05) is 30.5 Å². The molecule has 2 aliphatic heterocycles. The van der Waals surface area contributed by atoms with E-state index in [1.54, 1.807) is 29.4 Å². The molecular formula is C25H30F3N7O2. The molecule has 1 unspecified atom stereocenters. The van der Waals surface area contributed by atoms with Crippen LogP contribution in [-0.4, -0.2) is 67.7 Å². The maximum atomic E-state index is 12.9. The quantitative estimate of drug-likeness (QED) is 0.512. The van der Waals surface area contributed by atoms with Crippen molar-refractivity contribution >= 4 is 11.8 Å². The highest BCUT2D eigenvalue weighted by atomic mass is 19.4. The van der Waals surface area contributed by atoms with Gasteiger partial charge < -0.3 is 24.6 Å². The van der Waals surface area contributed by atoms with Crippen LogP contribution in [-0.2, 0) is 10.9 Å². The third kappa shape index (κ3) is 4.42. The maximum Gasteiger partial charge on any atom is 0.416 e.